The Morgan fingerprint density at radius 3 is 2.30 bits per heavy atom. The first kappa shape index (κ1) is 19.0. The van der Waals surface area contributed by atoms with Crippen molar-refractivity contribution in [3.63, 3.8) is 0 Å². The molecule has 1 aliphatic carbocycles. The van der Waals surface area contributed by atoms with Crippen molar-refractivity contribution in [2.24, 2.45) is 0 Å². The van der Waals surface area contributed by atoms with Crippen LogP contribution in [-0.2, 0) is 13.1 Å². The minimum absolute atomic E-state index is 0.0103. The highest BCUT2D eigenvalue weighted by Gasteiger charge is 2.29. The summed E-state index contributed by atoms with van der Waals surface area (Å²) in [6.45, 7) is -1.74. The Bertz CT molecular complexity index is 795. The summed E-state index contributed by atoms with van der Waals surface area (Å²) in [4.78, 5) is 12.6. The molecule has 0 N–H and O–H groups in total. The lowest BCUT2D eigenvalue weighted by molar-refractivity contribution is -0.384. The first-order chi connectivity index (χ1) is 13.0. The number of benzene rings is 2. The van der Waals surface area contributed by atoms with Gasteiger partial charge in [0.05, 0.1) is 12.0 Å². The van der Waals surface area contributed by atoms with Crippen LogP contribution in [0.5, 0.6) is 11.5 Å². The fraction of sp³-hybridized carbons (Fsp3) is 0.368. The molecule has 0 aromatic heterocycles. The normalized spacial score (nSPS) is 13.8. The fourth-order valence-corrected chi connectivity index (χ4v) is 2.95. The SMILES string of the molecule is COc1ccc(CN(Cc2ccc([N+](=O)[O-])cc2)C2CC2)cc1OC(F)F. The van der Waals surface area contributed by atoms with Gasteiger partial charge in [-0.25, -0.2) is 0 Å². The zero-order chi connectivity index (χ0) is 19.4. The summed E-state index contributed by atoms with van der Waals surface area (Å²) in [5.41, 5.74) is 1.85. The smallest absolute Gasteiger partial charge is 0.387 e. The van der Waals surface area contributed by atoms with E-state index in [4.69, 9.17) is 4.74 Å². The number of hydrogen-bond acceptors (Lipinski definition) is 5. The van der Waals surface area contributed by atoms with Crippen LogP contribution in [0.25, 0.3) is 0 Å². The van der Waals surface area contributed by atoms with E-state index in [1.54, 1.807) is 24.3 Å². The van der Waals surface area contributed by atoms with Gasteiger partial charge in [-0.2, -0.15) is 8.78 Å². The second kappa shape index (κ2) is 8.30. The largest absolute Gasteiger partial charge is 0.493 e. The van der Waals surface area contributed by atoms with Crippen molar-refractivity contribution in [3.05, 3.63) is 63.7 Å². The molecule has 0 heterocycles. The van der Waals surface area contributed by atoms with Crippen LogP contribution in [-0.4, -0.2) is 29.6 Å². The lowest BCUT2D eigenvalue weighted by Crippen LogP contribution is -2.25. The van der Waals surface area contributed by atoms with E-state index in [-0.39, 0.29) is 17.2 Å². The molecular formula is C19H20F2N2O4. The maximum atomic E-state index is 12.6. The molecular weight excluding hydrogens is 358 g/mol. The number of methoxy groups -OCH3 is 1. The molecule has 1 fully saturated rings. The van der Waals surface area contributed by atoms with Gasteiger partial charge < -0.3 is 9.47 Å². The molecule has 0 amide bonds. The van der Waals surface area contributed by atoms with Crippen LogP contribution in [0.3, 0.4) is 0 Å². The van der Waals surface area contributed by atoms with E-state index in [1.165, 1.54) is 19.2 Å². The molecule has 0 spiro atoms. The van der Waals surface area contributed by atoms with E-state index in [1.807, 2.05) is 6.07 Å². The minimum atomic E-state index is -2.92. The molecule has 27 heavy (non-hydrogen) atoms. The van der Waals surface area contributed by atoms with Gasteiger partial charge in [0.15, 0.2) is 11.5 Å². The number of nitrogens with zero attached hydrogens (tertiary/aromatic N) is 2. The summed E-state index contributed by atoms with van der Waals surface area (Å²) in [6.07, 6.45) is 2.15. The zero-order valence-electron chi connectivity index (χ0n) is 14.8. The summed E-state index contributed by atoms with van der Waals surface area (Å²) in [5, 5.41) is 10.8. The highest BCUT2D eigenvalue weighted by Crippen LogP contribution is 2.33. The van der Waals surface area contributed by atoms with Gasteiger partial charge in [-0.3, -0.25) is 15.0 Å². The molecule has 2 aromatic rings. The van der Waals surface area contributed by atoms with Crippen LogP contribution in [0.15, 0.2) is 42.5 Å². The third-order valence-corrected chi connectivity index (χ3v) is 4.43. The molecule has 0 atom stereocenters. The fourth-order valence-electron chi connectivity index (χ4n) is 2.95. The molecule has 3 rings (SSSR count). The molecule has 144 valence electrons. The summed E-state index contributed by atoms with van der Waals surface area (Å²) < 4.78 is 34.8. The number of hydrogen-bond donors (Lipinski definition) is 0. The Morgan fingerprint density at radius 2 is 1.74 bits per heavy atom. The van der Waals surface area contributed by atoms with Gasteiger partial charge in [0.1, 0.15) is 0 Å². The number of rotatable bonds is 9. The van der Waals surface area contributed by atoms with E-state index < -0.39 is 11.5 Å². The molecule has 6 nitrogen and oxygen atoms in total. The summed E-state index contributed by atoms with van der Waals surface area (Å²) in [7, 11) is 1.40. The molecule has 0 aliphatic heterocycles. The maximum absolute atomic E-state index is 12.6. The molecule has 8 heteroatoms. The summed E-state index contributed by atoms with van der Waals surface area (Å²) >= 11 is 0. The predicted molar refractivity (Wildman–Crippen MR) is 95.0 cm³/mol. The van der Waals surface area contributed by atoms with Crippen molar-refractivity contribution in [1.29, 1.82) is 0 Å². The number of halogens is 2. The van der Waals surface area contributed by atoms with Crippen molar-refractivity contribution in [2.75, 3.05) is 7.11 Å². The van der Waals surface area contributed by atoms with Crippen molar-refractivity contribution in [3.8, 4) is 11.5 Å². The molecule has 0 radical (unpaired) electrons. The van der Waals surface area contributed by atoms with Gasteiger partial charge >= 0.3 is 6.61 Å². The highest BCUT2D eigenvalue weighted by molar-refractivity contribution is 5.43. The number of nitro groups is 1. The number of alkyl halides is 2. The number of ether oxygens (including phenoxy) is 2. The molecule has 1 saturated carbocycles. The molecule has 2 aromatic carbocycles. The van der Waals surface area contributed by atoms with E-state index in [9.17, 15) is 18.9 Å². The van der Waals surface area contributed by atoms with Crippen LogP contribution < -0.4 is 9.47 Å². The Labute approximate surface area is 155 Å². The van der Waals surface area contributed by atoms with Crippen molar-refractivity contribution in [1.82, 2.24) is 4.90 Å². The molecule has 1 aliphatic rings. The van der Waals surface area contributed by atoms with Crippen LogP contribution in [0.2, 0.25) is 0 Å². The van der Waals surface area contributed by atoms with Crippen LogP contribution in [0.1, 0.15) is 24.0 Å². The van der Waals surface area contributed by atoms with Gasteiger partial charge in [-0.15, -0.1) is 0 Å². The second-order valence-corrected chi connectivity index (χ2v) is 6.42. The van der Waals surface area contributed by atoms with Crippen LogP contribution in [0.4, 0.5) is 14.5 Å². The summed E-state index contributed by atoms with van der Waals surface area (Å²) in [6, 6.07) is 11.9. The third kappa shape index (κ3) is 5.13. The number of non-ortho nitro benzene ring substituents is 1. The van der Waals surface area contributed by atoms with Gasteiger partial charge in [-0.05, 0) is 36.1 Å². The Kier molecular flexibility index (Phi) is 5.85. The monoisotopic (exact) mass is 378 g/mol. The minimum Gasteiger partial charge on any atom is -0.493 e. The van der Waals surface area contributed by atoms with Crippen molar-refractivity contribution < 1.29 is 23.2 Å². The van der Waals surface area contributed by atoms with E-state index in [0.29, 0.717) is 19.1 Å². The Balaban J connectivity index is 1.73. The van der Waals surface area contributed by atoms with Gasteiger partial charge in [0, 0.05) is 31.3 Å². The predicted octanol–water partition coefficient (Wildman–Crippen LogP) is 4.37. The summed E-state index contributed by atoms with van der Waals surface area (Å²) in [5.74, 6) is 0.267. The van der Waals surface area contributed by atoms with E-state index in [0.717, 1.165) is 24.0 Å². The highest BCUT2D eigenvalue weighted by atomic mass is 19.3. The third-order valence-electron chi connectivity index (χ3n) is 4.43. The van der Waals surface area contributed by atoms with Gasteiger partial charge in [-0.1, -0.05) is 18.2 Å². The lowest BCUT2D eigenvalue weighted by atomic mass is 10.1. The van der Waals surface area contributed by atoms with Gasteiger partial charge in [0.2, 0.25) is 0 Å². The zero-order valence-corrected chi connectivity index (χ0v) is 14.8. The topological polar surface area (TPSA) is 64.8 Å². The Hall–Kier alpha value is -2.74. The standard InChI is InChI=1S/C19H20F2N2O4/c1-26-17-9-4-14(10-18(17)27-19(20)21)12-22(15-7-8-15)11-13-2-5-16(6-3-13)23(24)25/h2-6,9-10,15,19H,7-8,11-12H2,1H3. The molecule has 0 saturated heterocycles. The first-order valence-electron chi connectivity index (χ1n) is 8.55. The van der Waals surface area contributed by atoms with Gasteiger partial charge in [0.25, 0.3) is 5.69 Å². The van der Waals surface area contributed by atoms with Crippen LogP contribution >= 0.6 is 0 Å². The second-order valence-electron chi connectivity index (χ2n) is 6.42. The average molecular weight is 378 g/mol. The maximum Gasteiger partial charge on any atom is 0.387 e. The van der Waals surface area contributed by atoms with E-state index >= 15 is 0 Å². The average Bonchev–Trinajstić information content (AvgIpc) is 3.46. The molecule has 0 unspecified atom stereocenters. The van der Waals surface area contributed by atoms with Crippen molar-refractivity contribution >= 4 is 5.69 Å². The molecule has 0 bridgehead atoms. The Morgan fingerprint density at radius 1 is 1.11 bits per heavy atom. The van der Waals surface area contributed by atoms with E-state index in [2.05, 4.69) is 9.64 Å². The lowest BCUT2D eigenvalue weighted by Gasteiger charge is -2.23. The van der Waals surface area contributed by atoms with Crippen LogP contribution in [0, 0.1) is 10.1 Å². The first-order valence-corrected chi connectivity index (χ1v) is 8.55. The number of nitro benzene ring substituents is 1. The quantitative estimate of drug-likeness (QED) is 0.479. The van der Waals surface area contributed by atoms with Crippen molar-refractivity contribution in [2.45, 2.75) is 38.6 Å².